The Bertz CT molecular complexity index is 460. The summed E-state index contributed by atoms with van der Waals surface area (Å²) in [5.74, 6) is 0. The van der Waals surface area contributed by atoms with E-state index >= 15 is 0 Å². The molecule has 0 spiro atoms. The van der Waals surface area contributed by atoms with Crippen molar-refractivity contribution in [2.45, 2.75) is 9.79 Å². The van der Waals surface area contributed by atoms with Crippen LogP contribution < -0.4 is 0 Å². The molecule has 0 nitrogen and oxygen atoms in total. The lowest BCUT2D eigenvalue weighted by Crippen LogP contribution is -1.79. The Labute approximate surface area is 105 Å². The van der Waals surface area contributed by atoms with Crippen molar-refractivity contribution in [1.82, 2.24) is 0 Å². The largest absolute Gasteiger partial charge is 0.130 e. The van der Waals surface area contributed by atoms with Crippen LogP contribution in [0, 0.1) is 0 Å². The monoisotopic (exact) mass is 246 g/mol. The zero-order chi connectivity index (χ0) is 11.4. The Morgan fingerprint density at radius 2 is 1.38 bits per heavy atom. The molecule has 0 radical (unpaired) electrons. The summed E-state index contributed by atoms with van der Waals surface area (Å²) >= 11 is 3.56. The van der Waals surface area contributed by atoms with Crippen molar-refractivity contribution in [2.24, 2.45) is 0 Å². The van der Waals surface area contributed by atoms with Gasteiger partial charge in [-0.1, -0.05) is 24.3 Å². The van der Waals surface area contributed by atoms with Crippen LogP contribution in [0.5, 0.6) is 0 Å². The highest BCUT2D eigenvalue weighted by molar-refractivity contribution is 7.98. The van der Waals surface area contributed by atoms with Crippen LogP contribution in [0.2, 0.25) is 0 Å². The summed E-state index contributed by atoms with van der Waals surface area (Å²) in [5, 5.41) is 0. The van der Waals surface area contributed by atoms with Gasteiger partial charge < -0.3 is 0 Å². The maximum absolute atomic E-state index is 2.23. The first-order valence-electron chi connectivity index (χ1n) is 5.12. The third-order valence-electron chi connectivity index (χ3n) is 2.49. The van der Waals surface area contributed by atoms with E-state index in [1.165, 1.54) is 20.9 Å². The zero-order valence-electron chi connectivity index (χ0n) is 9.44. The fourth-order valence-corrected chi connectivity index (χ4v) is 2.45. The molecule has 2 aromatic rings. The lowest BCUT2D eigenvalue weighted by molar-refractivity contribution is 1.43. The Kier molecular flexibility index (Phi) is 3.97. The summed E-state index contributed by atoms with van der Waals surface area (Å²) < 4.78 is 0. The van der Waals surface area contributed by atoms with Gasteiger partial charge in [0.1, 0.15) is 0 Å². The minimum Gasteiger partial charge on any atom is -0.130 e. The molecular formula is C14H14S2. The first-order chi connectivity index (χ1) is 7.83. The van der Waals surface area contributed by atoms with Crippen molar-refractivity contribution >= 4 is 23.5 Å². The van der Waals surface area contributed by atoms with Gasteiger partial charge in [-0.05, 0) is 47.9 Å². The van der Waals surface area contributed by atoms with E-state index in [1.54, 1.807) is 23.5 Å². The van der Waals surface area contributed by atoms with E-state index in [9.17, 15) is 0 Å². The predicted octanol–water partition coefficient (Wildman–Crippen LogP) is 4.80. The van der Waals surface area contributed by atoms with Gasteiger partial charge in [-0.2, -0.15) is 0 Å². The molecular weight excluding hydrogens is 232 g/mol. The normalized spacial score (nSPS) is 10.4. The lowest BCUT2D eigenvalue weighted by Gasteiger charge is -2.04. The highest BCUT2D eigenvalue weighted by Gasteiger charge is 1.98. The lowest BCUT2D eigenvalue weighted by atomic mass is 10.1. The quantitative estimate of drug-likeness (QED) is 0.714. The molecule has 0 fully saturated rings. The molecule has 0 aliphatic carbocycles. The molecule has 2 heteroatoms. The van der Waals surface area contributed by atoms with E-state index < -0.39 is 0 Å². The smallest absolute Gasteiger partial charge is 0.00752 e. The number of thioether (sulfide) groups is 2. The average molecular weight is 246 g/mol. The van der Waals surface area contributed by atoms with Crippen molar-refractivity contribution in [1.29, 1.82) is 0 Å². The molecule has 0 aliphatic rings. The van der Waals surface area contributed by atoms with Gasteiger partial charge in [-0.3, -0.25) is 0 Å². The van der Waals surface area contributed by atoms with E-state index in [2.05, 4.69) is 61.0 Å². The second-order valence-electron chi connectivity index (χ2n) is 3.46. The second kappa shape index (κ2) is 5.46. The van der Waals surface area contributed by atoms with Gasteiger partial charge in [-0.15, -0.1) is 23.5 Å². The van der Waals surface area contributed by atoms with E-state index in [-0.39, 0.29) is 0 Å². The van der Waals surface area contributed by atoms with Crippen LogP contribution in [0.4, 0.5) is 0 Å². The molecule has 0 bridgehead atoms. The molecule has 0 heterocycles. The fourth-order valence-electron chi connectivity index (χ4n) is 1.59. The van der Waals surface area contributed by atoms with Crippen molar-refractivity contribution in [2.75, 3.05) is 12.5 Å². The molecule has 0 aromatic heterocycles. The Balaban J connectivity index is 2.34. The Morgan fingerprint density at radius 1 is 0.688 bits per heavy atom. The summed E-state index contributed by atoms with van der Waals surface area (Å²) in [6.45, 7) is 0. The first kappa shape index (κ1) is 11.6. The molecule has 0 unspecified atom stereocenters. The second-order valence-corrected chi connectivity index (χ2v) is 5.22. The Morgan fingerprint density at radius 3 is 2.00 bits per heavy atom. The van der Waals surface area contributed by atoms with Gasteiger partial charge in [0, 0.05) is 9.79 Å². The number of hydrogen-bond acceptors (Lipinski definition) is 2. The standard InChI is InChI=1S/C14H14S2/c1-15-13-8-6-11(7-9-13)12-4-3-5-14(10-12)16-2/h3-10H,1-2H3. The molecule has 0 atom stereocenters. The molecule has 16 heavy (non-hydrogen) atoms. The van der Waals surface area contributed by atoms with Gasteiger partial charge in [0.05, 0.1) is 0 Å². The van der Waals surface area contributed by atoms with Gasteiger partial charge in [0.2, 0.25) is 0 Å². The summed E-state index contributed by atoms with van der Waals surface area (Å²) in [5.41, 5.74) is 2.58. The molecule has 0 amide bonds. The van der Waals surface area contributed by atoms with Crippen molar-refractivity contribution in [3.8, 4) is 11.1 Å². The molecule has 0 aliphatic heterocycles. The molecule has 82 valence electrons. The van der Waals surface area contributed by atoms with Gasteiger partial charge in [0.25, 0.3) is 0 Å². The number of hydrogen-bond donors (Lipinski definition) is 0. The van der Waals surface area contributed by atoms with Crippen molar-refractivity contribution in [3.63, 3.8) is 0 Å². The van der Waals surface area contributed by atoms with Crippen LogP contribution in [0.3, 0.4) is 0 Å². The first-order valence-corrected chi connectivity index (χ1v) is 7.57. The Hall–Kier alpha value is -0.860. The van der Waals surface area contributed by atoms with Crippen LogP contribution in [0.25, 0.3) is 11.1 Å². The maximum atomic E-state index is 2.23. The average Bonchev–Trinajstić information content (AvgIpc) is 2.39. The third-order valence-corrected chi connectivity index (χ3v) is 3.96. The summed E-state index contributed by atoms with van der Waals surface area (Å²) in [7, 11) is 0. The van der Waals surface area contributed by atoms with E-state index in [4.69, 9.17) is 0 Å². The topological polar surface area (TPSA) is 0 Å². The SMILES string of the molecule is CSc1ccc(-c2cccc(SC)c2)cc1. The number of benzene rings is 2. The highest BCUT2D eigenvalue weighted by Crippen LogP contribution is 2.26. The highest BCUT2D eigenvalue weighted by atomic mass is 32.2. The minimum absolute atomic E-state index is 1.29. The van der Waals surface area contributed by atoms with Crippen LogP contribution in [-0.2, 0) is 0 Å². The fraction of sp³-hybridized carbons (Fsp3) is 0.143. The molecule has 0 saturated carbocycles. The molecule has 2 aromatic carbocycles. The van der Waals surface area contributed by atoms with Crippen molar-refractivity contribution in [3.05, 3.63) is 48.5 Å². The van der Waals surface area contributed by atoms with Crippen LogP contribution in [0.15, 0.2) is 58.3 Å². The van der Waals surface area contributed by atoms with Crippen LogP contribution in [-0.4, -0.2) is 12.5 Å². The summed E-state index contributed by atoms with van der Waals surface area (Å²) in [6, 6.07) is 17.4. The predicted molar refractivity (Wildman–Crippen MR) is 75.4 cm³/mol. The van der Waals surface area contributed by atoms with E-state index in [0.29, 0.717) is 0 Å². The summed E-state index contributed by atoms with van der Waals surface area (Å²) in [4.78, 5) is 2.62. The minimum atomic E-state index is 1.29. The van der Waals surface area contributed by atoms with Gasteiger partial charge in [0.15, 0.2) is 0 Å². The van der Waals surface area contributed by atoms with E-state index in [1.807, 2.05) is 0 Å². The maximum Gasteiger partial charge on any atom is 0.00752 e. The van der Waals surface area contributed by atoms with Gasteiger partial charge >= 0.3 is 0 Å². The number of rotatable bonds is 3. The zero-order valence-corrected chi connectivity index (χ0v) is 11.1. The molecule has 0 N–H and O–H groups in total. The molecule has 2 rings (SSSR count). The third kappa shape index (κ3) is 2.63. The van der Waals surface area contributed by atoms with Crippen LogP contribution in [0.1, 0.15) is 0 Å². The van der Waals surface area contributed by atoms with Crippen molar-refractivity contribution < 1.29 is 0 Å². The van der Waals surface area contributed by atoms with Gasteiger partial charge in [-0.25, -0.2) is 0 Å². The summed E-state index contributed by atoms with van der Waals surface area (Å²) in [6.07, 6.45) is 4.21. The molecule has 0 saturated heterocycles. The van der Waals surface area contributed by atoms with E-state index in [0.717, 1.165) is 0 Å². The van der Waals surface area contributed by atoms with Crippen LogP contribution >= 0.6 is 23.5 Å².